The van der Waals surface area contributed by atoms with Gasteiger partial charge in [0, 0.05) is 5.41 Å². The predicted molar refractivity (Wildman–Crippen MR) is 119 cm³/mol. The van der Waals surface area contributed by atoms with E-state index in [1.807, 2.05) is 61.5 Å². The topological polar surface area (TPSA) is 42.0 Å². The van der Waals surface area contributed by atoms with Gasteiger partial charge >= 0.3 is 0 Å². The van der Waals surface area contributed by atoms with Crippen molar-refractivity contribution in [1.82, 2.24) is 4.98 Å². The fourth-order valence-corrected chi connectivity index (χ4v) is 5.53. The van der Waals surface area contributed by atoms with Gasteiger partial charge in [-0.1, -0.05) is 84.1 Å². The Kier molecular flexibility index (Phi) is 4.07. The highest BCUT2D eigenvalue weighted by molar-refractivity contribution is 7.22. The molecule has 1 aromatic heterocycles. The van der Waals surface area contributed by atoms with Crippen molar-refractivity contribution >= 4 is 32.6 Å². The quantitative estimate of drug-likeness (QED) is 0.462. The Balaban J connectivity index is 1.52. The summed E-state index contributed by atoms with van der Waals surface area (Å²) in [5.41, 5.74) is 3.62. The average molecular weight is 399 g/mol. The summed E-state index contributed by atoms with van der Waals surface area (Å²) < 4.78 is 1.10. The van der Waals surface area contributed by atoms with Crippen LogP contribution in [0.1, 0.15) is 30.0 Å². The van der Waals surface area contributed by atoms with Gasteiger partial charge < -0.3 is 5.32 Å². The number of hydrogen-bond donors (Lipinski definition) is 1. The van der Waals surface area contributed by atoms with Crippen LogP contribution in [0.4, 0.5) is 5.13 Å². The largest absolute Gasteiger partial charge is 0.301 e. The van der Waals surface area contributed by atoms with E-state index in [1.54, 1.807) is 0 Å². The summed E-state index contributed by atoms with van der Waals surface area (Å²) in [4.78, 5) is 18.1. The number of para-hydroxylation sites is 1. The number of aryl methyl sites for hydroxylation is 1. The van der Waals surface area contributed by atoms with E-state index in [9.17, 15) is 4.79 Å². The third-order valence-electron chi connectivity index (χ3n) is 6.31. The van der Waals surface area contributed by atoms with E-state index in [1.165, 1.54) is 22.5 Å². The maximum absolute atomic E-state index is 13.5. The smallest absolute Gasteiger partial charge is 0.233 e. The molecule has 1 aliphatic carbocycles. The molecule has 1 unspecified atom stereocenters. The second-order valence-corrected chi connectivity index (χ2v) is 9.07. The van der Waals surface area contributed by atoms with Crippen molar-refractivity contribution in [2.75, 3.05) is 5.32 Å². The summed E-state index contributed by atoms with van der Waals surface area (Å²) in [6.07, 6.45) is 0.782. The number of nitrogens with one attached hydrogen (secondary N) is 1. The normalized spacial score (nSPS) is 19.8. The highest BCUT2D eigenvalue weighted by Crippen LogP contribution is 2.68. The lowest BCUT2D eigenvalue weighted by atomic mass is 9.80. The van der Waals surface area contributed by atoms with Gasteiger partial charge in [-0.05, 0) is 43.0 Å². The fourth-order valence-electron chi connectivity index (χ4n) is 4.59. The molecule has 0 saturated heterocycles. The van der Waals surface area contributed by atoms with E-state index in [2.05, 4.69) is 41.5 Å². The number of fused-ring (bicyclic) bond motifs is 1. The molecule has 0 radical (unpaired) electrons. The molecule has 3 aromatic carbocycles. The highest BCUT2D eigenvalue weighted by Gasteiger charge is 2.70. The van der Waals surface area contributed by atoms with Gasteiger partial charge in [-0.2, -0.15) is 0 Å². The molecule has 1 aliphatic rings. The first-order valence-corrected chi connectivity index (χ1v) is 10.6. The molecule has 0 spiro atoms. The molecule has 29 heavy (non-hydrogen) atoms. The minimum atomic E-state index is -0.525. The first-order chi connectivity index (χ1) is 14.0. The molecule has 1 heterocycles. The summed E-state index contributed by atoms with van der Waals surface area (Å²) in [6.45, 7) is 4.12. The van der Waals surface area contributed by atoms with Crippen LogP contribution in [0.15, 0.2) is 78.9 Å². The number of rotatable bonds is 4. The lowest BCUT2D eigenvalue weighted by Gasteiger charge is -2.23. The molecule has 1 fully saturated rings. The van der Waals surface area contributed by atoms with E-state index in [4.69, 9.17) is 0 Å². The molecule has 0 aliphatic heterocycles. The summed E-state index contributed by atoms with van der Waals surface area (Å²) in [7, 11) is 0. The number of thiazole rings is 1. The molecular formula is C25H22N2OS. The van der Waals surface area contributed by atoms with Crippen molar-refractivity contribution in [2.24, 2.45) is 5.41 Å². The van der Waals surface area contributed by atoms with Crippen molar-refractivity contribution in [1.29, 1.82) is 0 Å². The molecule has 1 amide bonds. The van der Waals surface area contributed by atoms with Gasteiger partial charge in [0.2, 0.25) is 5.91 Å². The molecule has 0 bridgehead atoms. The Labute approximate surface area is 174 Å². The molecule has 144 valence electrons. The van der Waals surface area contributed by atoms with Crippen LogP contribution >= 0.6 is 11.3 Å². The van der Waals surface area contributed by atoms with E-state index in [-0.39, 0.29) is 11.3 Å². The van der Waals surface area contributed by atoms with Crippen LogP contribution in [0.25, 0.3) is 10.2 Å². The minimum Gasteiger partial charge on any atom is -0.301 e. The van der Waals surface area contributed by atoms with Crippen molar-refractivity contribution in [2.45, 2.75) is 25.7 Å². The Morgan fingerprint density at radius 2 is 1.55 bits per heavy atom. The van der Waals surface area contributed by atoms with E-state index in [0.29, 0.717) is 5.13 Å². The lowest BCUT2D eigenvalue weighted by molar-refractivity contribution is -0.121. The van der Waals surface area contributed by atoms with Crippen molar-refractivity contribution in [3.63, 3.8) is 0 Å². The second-order valence-electron chi connectivity index (χ2n) is 8.04. The minimum absolute atomic E-state index is 0.0296. The van der Waals surface area contributed by atoms with Crippen LogP contribution in [-0.4, -0.2) is 10.9 Å². The summed E-state index contributed by atoms with van der Waals surface area (Å²) in [6, 6.07) is 26.9. The first kappa shape index (κ1) is 18.1. The number of anilines is 1. The molecular weight excluding hydrogens is 376 g/mol. The van der Waals surface area contributed by atoms with Crippen LogP contribution in [-0.2, 0) is 10.2 Å². The number of carbonyl (C=O) groups is 1. The molecule has 4 aromatic rings. The van der Waals surface area contributed by atoms with Crippen LogP contribution in [0.2, 0.25) is 0 Å². The molecule has 1 N–H and O–H groups in total. The zero-order valence-corrected chi connectivity index (χ0v) is 17.3. The zero-order chi connectivity index (χ0) is 20.1. The molecule has 5 rings (SSSR count). The summed E-state index contributed by atoms with van der Waals surface area (Å²) in [5.74, 6) is 0.0296. The molecule has 1 atom stereocenters. The number of aromatic nitrogens is 1. The number of benzene rings is 3. The van der Waals surface area contributed by atoms with Gasteiger partial charge in [-0.3, -0.25) is 4.79 Å². The second kappa shape index (κ2) is 6.53. The summed E-state index contributed by atoms with van der Waals surface area (Å²) in [5, 5.41) is 3.79. The van der Waals surface area contributed by atoms with Crippen LogP contribution in [0.3, 0.4) is 0 Å². The fraction of sp³-hybridized carbons (Fsp3) is 0.200. The lowest BCUT2D eigenvalue weighted by Crippen LogP contribution is -2.30. The molecule has 4 heteroatoms. The highest BCUT2D eigenvalue weighted by atomic mass is 32.1. The Bertz CT molecular complexity index is 1160. The van der Waals surface area contributed by atoms with E-state index >= 15 is 0 Å². The Hall–Kier alpha value is -2.98. The zero-order valence-electron chi connectivity index (χ0n) is 16.5. The van der Waals surface area contributed by atoms with Crippen LogP contribution in [0, 0.1) is 12.3 Å². The summed E-state index contributed by atoms with van der Waals surface area (Å²) >= 11 is 1.53. The number of hydrogen-bond acceptors (Lipinski definition) is 3. The number of amides is 1. The van der Waals surface area contributed by atoms with E-state index < -0.39 is 5.41 Å². The number of carbonyl (C=O) groups excluding carboxylic acids is 1. The predicted octanol–water partition coefficient (Wildman–Crippen LogP) is 5.94. The molecule has 3 nitrogen and oxygen atoms in total. The van der Waals surface area contributed by atoms with Gasteiger partial charge in [0.1, 0.15) is 0 Å². The van der Waals surface area contributed by atoms with Gasteiger partial charge in [0.25, 0.3) is 0 Å². The van der Waals surface area contributed by atoms with Gasteiger partial charge in [-0.15, -0.1) is 0 Å². The molecule has 1 saturated carbocycles. The average Bonchev–Trinajstić information content (AvgIpc) is 3.20. The van der Waals surface area contributed by atoms with Gasteiger partial charge in [0.15, 0.2) is 5.13 Å². The monoisotopic (exact) mass is 398 g/mol. The third-order valence-corrected chi connectivity index (χ3v) is 7.25. The Morgan fingerprint density at radius 1 is 0.931 bits per heavy atom. The maximum atomic E-state index is 13.5. The standard InChI is InChI=1S/C25H22N2OS/c1-17-10-9-15-20-21(17)26-23(29-20)27-22(28)24(2)16-25(24,18-11-5-3-6-12-18)19-13-7-4-8-14-19/h3-15H,16H2,1-2H3,(H,26,27,28). The SMILES string of the molecule is Cc1cccc2sc(NC(=O)C3(C)CC3(c3ccccc3)c3ccccc3)nc12. The van der Waals surface area contributed by atoms with Crippen LogP contribution in [0.5, 0.6) is 0 Å². The van der Waals surface area contributed by atoms with Crippen LogP contribution < -0.4 is 5.32 Å². The van der Waals surface area contributed by atoms with Crippen molar-refractivity contribution < 1.29 is 4.79 Å². The van der Waals surface area contributed by atoms with Gasteiger partial charge in [-0.25, -0.2) is 4.98 Å². The third kappa shape index (κ3) is 2.70. The van der Waals surface area contributed by atoms with Crippen molar-refractivity contribution in [3.8, 4) is 0 Å². The Morgan fingerprint density at radius 3 is 2.14 bits per heavy atom. The van der Waals surface area contributed by atoms with Gasteiger partial charge in [0.05, 0.1) is 15.6 Å². The van der Waals surface area contributed by atoms with Crippen molar-refractivity contribution in [3.05, 3.63) is 95.6 Å². The maximum Gasteiger partial charge on any atom is 0.233 e. The first-order valence-electron chi connectivity index (χ1n) is 9.83. The van der Waals surface area contributed by atoms with E-state index in [0.717, 1.165) is 22.2 Å². The number of nitrogens with zero attached hydrogens (tertiary/aromatic N) is 1.